The summed E-state index contributed by atoms with van der Waals surface area (Å²) in [6, 6.07) is 15.0. The fraction of sp³-hybridized carbons (Fsp3) is 0.200. The standard InChI is InChI=1S/C20H18BrN5O3/c1-12-17(19(27)28-2)18(26-20(22-12)23-24-25-26)14-6-8-16(9-7-14)29-11-13-4-3-5-15(21)10-13/h3-10,18H,11H2,1-2H3,(H,22,23,25). The van der Waals surface area contributed by atoms with Crippen LogP contribution in [0, 0.1) is 0 Å². The number of tetrazole rings is 1. The van der Waals surface area contributed by atoms with Gasteiger partial charge in [-0.1, -0.05) is 45.3 Å². The number of rotatable bonds is 5. The molecule has 0 radical (unpaired) electrons. The van der Waals surface area contributed by atoms with E-state index in [0.717, 1.165) is 21.3 Å². The zero-order valence-electron chi connectivity index (χ0n) is 15.8. The number of allylic oxidation sites excluding steroid dienone is 1. The van der Waals surface area contributed by atoms with Gasteiger partial charge in [0.15, 0.2) is 0 Å². The molecule has 0 spiro atoms. The van der Waals surface area contributed by atoms with Crippen LogP contribution in [-0.4, -0.2) is 33.3 Å². The minimum Gasteiger partial charge on any atom is -0.489 e. The average molecular weight is 456 g/mol. The molecule has 3 aromatic rings. The number of nitrogens with one attached hydrogen (secondary N) is 1. The van der Waals surface area contributed by atoms with Gasteiger partial charge in [-0.15, -0.1) is 0 Å². The molecule has 1 aliphatic rings. The largest absolute Gasteiger partial charge is 0.489 e. The monoisotopic (exact) mass is 455 g/mol. The van der Waals surface area contributed by atoms with Crippen molar-refractivity contribution < 1.29 is 14.3 Å². The molecule has 1 aliphatic heterocycles. The summed E-state index contributed by atoms with van der Waals surface area (Å²) in [6.45, 7) is 2.25. The van der Waals surface area contributed by atoms with E-state index in [9.17, 15) is 4.79 Å². The van der Waals surface area contributed by atoms with E-state index in [0.29, 0.717) is 23.8 Å². The normalized spacial score (nSPS) is 15.5. The average Bonchev–Trinajstić information content (AvgIpc) is 3.19. The molecule has 0 aliphatic carbocycles. The number of methoxy groups -OCH3 is 1. The summed E-state index contributed by atoms with van der Waals surface area (Å²) in [4.78, 5) is 12.4. The van der Waals surface area contributed by atoms with E-state index in [1.165, 1.54) is 7.11 Å². The number of benzene rings is 2. The molecule has 0 amide bonds. The highest BCUT2D eigenvalue weighted by Crippen LogP contribution is 2.35. The summed E-state index contributed by atoms with van der Waals surface area (Å²) >= 11 is 3.46. The summed E-state index contributed by atoms with van der Waals surface area (Å²) in [6.07, 6.45) is 0. The predicted octanol–water partition coefficient (Wildman–Crippen LogP) is 3.48. The molecule has 8 nitrogen and oxygen atoms in total. The second-order valence-electron chi connectivity index (χ2n) is 6.49. The van der Waals surface area contributed by atoms with E-state index in [4.69, 9.17) is 9.47 Å². The lowest BCUT2D eigenvalue weighted by molar-refractivity contribution is -0.136. The van der Waals surface area contributed by atoms with Gasteiger partial charge in [-0.25, -0.2) is 4.79 Å². The van der Waals surface area contributed by atoms with Gasteiger partial charge in [0.2, 0.25) is 5.95 Å². The lowest BCUT2D eigenvalue weighted by Gasteiger charge is -2.27. The third-order valence-corrected chi connectivity index (χ3v) is 5.10. The van der Waals surface area contributed by atoms with Crippen molar-refractivity contribution in [1.29, 1.82) is 0 Å². The molecular weight excluding hydrogens is 438 g/mol. The maximum Gasteiger partial charge on any atom is 0.338 e. The van der Waals surface area contributed by atoms with Crippen LogP contribution in [0.4, 0.5) is 5.95 Å². The molecule has 0 bridgehead atoms. The van der Waals surface area contributed by atoms with Crippen molar-refractivity contribution in [1.82, 2.24) is 20.2 Å². The predicted molar refractivity (Wildman–Crippen MR) is 109 cm³/mol. The minimum atomic E-state index is -0.493. The van der Waals surface area contributed by atoms with Crippen molar-refractivity contribution in [3.63, 3.8) is 0 Å². The Kier molecular flexibility index (Phi) is 5.30. The molecule has 4 rings (SSSR count). The van der Waals surface area contributed by atoms with Crippen LogP contribution in [0.5, 0.6) is 5.75 Å². The molecule has 1 N–H and O–H groups in total. The first-order chi connectivity index (χ1) is 14.1. The second kappa shape index (κ2) is 8.04. The van der Waals surface area contributed by atoms with E-state index in [-0.39, 0.29) is 0 Å². The summed E-state index contributed by atoms with van der Waals surface area (Å²) in [5.74, 6) is 0.756. The Labute approximate surface area is 175 Å². The van der Waals surface area contributed by atoms with Crippen LogP contribution >= 0.6 is 15.9 Å². The topological polar surface area (TPSA) is 91.2 Å². The Morgan fingerprint density at radius 1 is 1.24 bits per heavy atom. The Morgan fingerprint density at radius 2 is 2.03 bits per heavy atom. The molecule has 2 heterocycles. The Bertz CT molecular complexity index is 1080. The first-order valence-electron chi connectivity index (χ1n) is 8.88. The number of hydrogen-bond donors (Lipinski definition) is 1. The highest BCUT2D eigenvalue weighted by molar-refractivity contribution is 9.10. The molecular formula is C20H18BrN5O3. The van der Waals surface area contributed by atoms with Crippen molar-refractivity contribution in [3.8, 4) is 5.75 Å². The third kappa shape index (κ3) is 3.86. The van der Waals surface area contributed by atoms with Gasteiger partial charge in [0.25, 0.3) is 0 Å². The van der Waals surface area contributed by atoms with Crippen LogP contribution in [0.25, 0.3) is 0 Å². The van der Waals surface area contributed by atoms with Crippen molar-refractivity contribution in [2.45, 2.75) is 19.6 Å². The van der Waals surface area contributed by atoms with E-state index in [2.05, 4.69) is 36.8 Å². The van der Waals surface area contributed by atoms with Crippen molar-refractivity contribution in [2.75, 3.05) is 12.4 Å². The Morgan fingerprint density at radius 3 is 2.76 bits per heavy atom. The fourth-order valence-corrected chi connectivity index (χ4v) is 3.68. The van der Waals surface area contributed by atoms with Gasteiger partial charge in [-0.05, 0) is 52.7 Å². The quantitative estimate of drug-likeness (QED) is 0.588. The summed E-state index contributed by atoms with van der Waals surface area (Å²) in [5.41, 5.74) is 3.01. The van der Waals surface area contributed by atoms with Crippen LogP contribution in [0.2, 0.25) is 0 Å². The number of hydrogen-bond acceptors (Lipinski definition) is 7. The maximum absolute atomic E-state index is 12.4. The molecule has 0 saturated heterocycles. The van der Waals surface area contributed by atoms with Gasteiger partial charge in [0.05, 0.1) is 12.7 Å². The molecule has 1 atom stereocenters. The number of aromatic nitrogens is 4. The van der Waals surface area contributed by atoms with Gasteiger partial charge in [0, 0.05) is 10.2 Å². The summed E-state index contributed by atoms with van der Waals surface area (Å²) < 4.78 is 13.4. The van der Waals surface area contributed by atoms with E-state index in [1.807, 2.05) is 48.5 Å². The highest BCUT2D eigenvalue weighted by Gasteiger charge is 2.34. The molecule has 29 heavy (non-hydrogen) atoms. The zero-order chi connectivity index (χ0) is 20.4. The van der Waals surface area contributed by atoms with Crippen LogP contribution in [0.3, 0.4) is 0 Å². The Balaban J connectivity index is 1.59. The lowest BCUT2D eigenvalue weighted by Crippen LogP contribution is -2.29. The Hall–Kier alpha value is -3.20. The van der Waals surface area contributed by atoms with Crippen LogP contribution in [-0.2, 0) is 16.1 Å². The van der Waals surface area contributed by atoms with E-state index in [1.54, 1.807) is 11.6 Å². The smallest absolute Gasteiger partial charge is 0.338 e. The first kappa shape index (κ1) is 19.1. The zero-order valence-corrected chi connectivity index (χ0v) is 17.4. The number of ether oxygens (including phenoxy) is 2. The SMILES string of the molecule is COC(=O)C1=C(C)Nc2nnnn2C1c1ccc(OCc2cccc(Br)c2)cc1. The van der Waals surface area contributed by atoms with Crippen LogP contribution < -0.4 is 10.1 Å². The van der Waals surface area contributed by atoms with Crippen LogP contribution in [0.1, 0.15) is 24.1 Å². The number of carbonyl (C=O) groups excluding carboxylic acids is 1. The molecule has 1 unspecified atom stereocenters. The number of nitrogens with zero attached hydrogens (tertiary/aromatic N) is 4. The number of fused-ring (bicyclic) bond motifs is 1. The molecule has 1 aromatic heterocycles. The van der Waals surface area contributed by atoms with E-state index >= 15 is 0 Å². The molecule has 2 aromatic carbocycles. The fourth-order valence-electron chi connectivity index (χ4n) is 3.23. The summed E-state index contributed by atoms with van der Waals surface area (Å²) in [7, 11) is 1.35. The van der Waals surface area contributed by atoms with Crippen molar-refractivity contribution in [3.05, 3.63) is 75.4 Å². The van der Waals surface area contributed by atoms with Gasteiger partial charge >= 0.3 is 5.97 Å². The minimum absolute atomic E-state index is 0.434. The van der Waals surface area contributed by atoms with Gasteiger partial charge in [-0.2, -0.15) is 4.68 Å². The summed E-state index contributed by atoms with van der Waals surface area (Å²) in [5, 5.41) is 14.8. The second-order valence-corrected chi connectivity index (χ2v) is 7.41. The number of esters is 1. The third-order valence-electron chi connectivity index (χ3n) is 4.61. The number of anilines is 1. The number of halogens is 1. The number of carbonyl (C=O) groups is 1. The molecule has 0 fully saturated rings. The maximum atomic E-state index is 12.4. The lowest BCUT2D eigenvalue weighted by atomic mass is 9.96. The molecule has 0 saturated carbocycles. The first-order valence-corrected chi connectivity index (χ1v) is 9.67. The van der Waals surface area contributed by atoms with Crippen molar-refractivity contribution >= 4 is 27.8 Å². The van der Waals surface area contributed by atoms with Gasteiger partial charge in [0.1, 0.15) is 18.4 Å². The highest BCUT2D eigenvalue weighted by atomic mass is 79.9. The van der Waals surface area contributed by atoms with E-state index < -0.39 is 12.0 Å². The van der Waals surface area contributed by atoms with Gasteiger partial charge < -0.3 is 14.8 Å². The molecule has 9 heteroatoms. The van der Waals surface area contributed by atoms with Gasteiger partial charge in [-0.3, -0.25) is 0 Å². The van der Waals surface area contributed by atoms with Crippen molar-refractivity contribution in [2.24, 2.45) is 0 Å². The molecule has 148 valence electrons. The van der Waals surface area contributed by atoms with Crippen LogP contribution in [0.15, 0.2) is 64.3 Å².